The van der Waals surface area contributed by atoms with Gasteiger partial charge >= 0.3 is 0 Å². The maximum atomic E-state index is 12.8. The number of amides is 2. The molecule has 1 aliphatic carbocycles. The second kappa shape index (κ2) is 10.7. The van der Waals surface area contributed by atoms with Crippen LogP contribution >= 0.6 is 22.9 Å². The van der Waals surface area contributed by atoms with Gasteiger partial charge in [-0.1, -0.05) is 24.6 Å². The number of rotatable bonds is 5. The van der Waals surface area contributed by atoms with Crippen LogP contribution in [-0.4, -0.2) is 54.3 Å². The number of nitrogens with zero attached hydrogens (tertiary/aromatic N) is 3. The van der Waals surface area contributed by atoms with Gasteiger partial charge in [-0.25, -0.2) is 0 Å². The van der Waals surface area contributed by atoms with Crippen molar-refractivity contribution in [3.63, 3.8) is 0 Å². The molecule has 174 valence electrons. The highest BCUT2D eigenvalue weighted by molar-refractivity contribution is 7.16. The highest BCUT2D eigenvalue weighted by Crippen LogP contribution is 2.39. The van der Waals surface area contributed by atoms with E-state index in [1.54, 1.807) is 35.6 Å². The number of nitrogens with one attached hydrogen (secondary N) is 1. The van der Waals surface area contributed by atoms with Gasteiger partial charge in [-0.2, -0.15) is 5.26 Å². The van der Waals surface area contributed by atoms with Crippen LogP contribution in [0.5, 0.6) is 0 Å². The van der Waals surface area contributed by atoms with E-state index in [0.717, 1.165) is 44.3 Å². The van der Waals surface area contributed by atoms with Crippen molar-refractivity contribution in [2.45, 2.75) is 39.0 Å². The largest absolute Gasteiger partial charge is 0.337 e. The fourth-order valence-corrected chi connectivity index (χ4v) is 6.18. The molecule has 8 heteroatoms. The zero-order chi connectivity index (χ0) is 23.4. The number of thiophene rings is 1. The van der Waals surface area contributed by atoms with Gasteiger partial charge in [-0.05, 0) is 61.9 Å². The molecule has 6 nitrogen and oxygen atoms in total. The Kier molecular flexibility index (Phi) is 7.69. The van der Waals surface area contributed by atoms with Crippen LogP contribution in [0.2, 0.25) is 5.02 Å². The third-order valence-electron chi connectivity index (χ3n) is 6.48. The Morgan fingerprint density at radius 3 is 2.91 bits per heavy atom. The van der Waals surface area contributed by atoms with Crippen molar-refractivity contribution >= 4 is 39.8 Å². The van der Waals surface area contributed by atoms with Gasteiger partial charge in [0.15, 0.2) is 0 Å². The van der Waals surface area contributed by atoms with Crippen LogP contribution in [0.4, 0.5) is 5.00 Å². The lowest BCUT2D eigenvalue weighted by atomic mass is 9.89. The molecule has 1 saturated heterocycles. The first kappa shape index (κ1) is 23.7. The average Bonchev–Trinajstić information content (AvgIpc) is 2.96. The van der Waals surface area contributed by atoms with Gasteiger partial charge in [-0.15, -0.1) is 11.3 Å². The number of hydrogen-bond acceptors (Lipinski definition) is 5. The minimum Gasteiger partial charge on any atom is -0.337 e. The van der Waals surface area contributed by atoms with Gasteiger partial charge < -0.3 is 15.1 Å². The summed E-state index contributed by atoms with van der Waals surface area (Å²) in [6, 6.07) is 9.36. The number of hydrogen-bond donors (Lipinski definition) is 1. The van der Waals surface area contributed by atoms with Gasteiger partial charge in [-0.3, -0.25) is 9.59 Å². The summed E-state index contributed by atoms with van der Waals surface area (Å²) in [7, 11) is 0. The smallest absolute Gasteiger partial charge is 0.253 e. The average molecular weight is 485 g/mol. The highest BCUT2D eigenvalue weighted by atomic mass is 35.5. The van der Waals surface area contributed by atoms with Gasteiger partial charge in [0.2, 0.25) is 5.91 Å². The second-order valence-corrected chi connectivity index (χ2v) is 10.5. The molecular weight excluding hydrogens is 456 g/mol. The number of fused-ring (bicyclic) bond motifs is 1. The highest BCUT2D eigenvalue weighted by Gasteiger charge is 2.25. The van der Waals surface area contributed by atoms with E-state index >= 15 is 0 Å². The van der Waals surface area contributed by atoms with Crippen molar-refractivity contribution in [1.29, 1.82) is 5.26 Å². The van der Waals surface area contributed by atoms with Gasteiger partial charge in [0.1, 0.15) is 11.1 Å². The standard InChI is InChI=1S/C25H29ClN4O2S/c1-17-6-7-20-21(16-27)24(33-22(20)14-17)28-23(31)8-11-29-9-3-10-30(13-12-29)25(32)18-4-2-5-19(26)15-18/h2,4-5,15,17H,3,6-14H2,1H3,(H,28,31). The predicted octanol–water partition coefficient (Wildman–Crippen LogP) is 4.57. The van der Waals surface area contributed by atoms with Crippen LogP contribution < -0.4 is 5.32 Å². The van der Waals surface area contributed by atoms with Crippen LogP contribution in [0.3, 0.4) is 0 Å². The number of nitriles is 1. The molecule has 0 bridgehead atoms. The van der Waals surface area contributed by atoms with E-state index in [9.17, 15) is 14.9 Å². The summed E-state index contributed by atoms with van der Waals surface area (Å²) in [4.78, 5) is 30.8. The number of anilines is 1. The van der Waals surface area contributed by atoms with E-state index in [1.807, 2.05) is 4.90 Å². The fourth-order valence-electron chi connectivity index (χ4n) is 4.61. The van der Waals surface area contributed by atoms with E-state index in [4.69, 9.17) is 11.6 Å². The van der Waals surface area contributed by atoms with E-state index < -0.39 is 0 Å². The van der Waals surface area contributed by atoms with Gasteiger partial charge in [0, 0.05) is 48.1 Å². The van der Waals surface area contributed by atoms with Crippen molar-refractivity contribution in [2.75, 3.05) is 38.0 Å². The van der Waals surface area contributed by atoms with Gasteiger partial charge in [0.25, 0.3) is 5.91 Å². The van der Waals surface area contributed by atoms with Crippen molar-refractivity contribution in [3.05, 3.63) is 50.9 Å². The van der Waals surface area contributed by atoms with Crippen LogP contribution in [0, 0.1) is 17.2 Å². The molecular formula is C25H29ClN4O2S. The topological polar surface area (TPSA) is 76.4 Å². The molecule has 33 heavy (non-hydrogen) atoms. The van der Waals surface area contributed by atoms with Crippen LogP contribution in [0.15, 0.2) is 24.3 Å². The third-order valence-corrected chi connectivity index (χ3v) is 7.88. The first-order valence-electron chi connectivity index (χ1n) is 11.6. The minimum absolute atomic E-state index is 0.00268. The Bertz CT molecular complexity index is 1080. The summed E-state index contributed by atoms with van der Waals surface area (Å²) >= 11 is 7.60. The summed E-state index contributed by atoms with van der Waals surface area (Å²) in [5.41, 5.74) is 2.39. The Hall–Kier alpha value is -2.40. The molecule has 2 aliphatic rings. The number of carbonyl (C=O) groups is 2. The summed E-state index contributed by atoms with van der Waals surface area (Å²) < 4.78 is 0. The molecule has 0 spiro atoms. The van der Waals surface area contributed by atoms with E-state index in [-0.39, 0.29) is 11.8 Å². The van der Waals surface area contributed by atoms with Gasteiger partial charge in [0.05, 0.1) is 5.56 Å². The normalized spacial score (nSPS) is 18.8. The Labute approximate surface area is 204 Å². The molecule has 1 unspecified atom stereocenters. The lowest BCUT2D eigenvalue weighted by molar-refractivity contribution is -0.116. The maximum Gasteiger partial charge on any atom is 0.253 e. The third kappa shape index (κ3) is 5.75. The molecule has 4 rings (SSSR count). The second-order valence-electron chi connectivity index (χ2n) is 8.96. The van der Waals surface area contributed by atoms with Crippen LogP contribution in [0.25, 0.3) is 0 Å². The summed E-state index contributed by atoms with van der Waals surface area (Å²) in [5.74, 6) is 0.561. The van der Waals surface area contributed by atoms with Crippen molar-refractivity contribution in [3.8, 4) is 6.07 Å². The molecule has 1 fully saturated rings. The van der Waals surface area contributed by atoms with Crippen molar-refractivity contribution in [1.82, 2.24) is 9.80 Å². The molecule has 2 amide bonds. The summed E-state index contributed by atoms with van der Waals surface area (Å²) in [5, 5.41) is 13.9. The van der Waals surface area contributed by atoms with E-state index in [2.05, 4.69) is 23.2 Å². The lowest BCUT2D eigenvalue weighted by Gasteiger charge is -2.22. The molecule has 2 heterocycles. The minimum atomic E-state index is -0.0609. The molecule has 2 aromatic rings. The quantitative estimate of drug-likeness (QED) is 0.674. The Morgan fingerprint density at radius 2 is 2.12 bits per heavy atom. The molecule has 1 atom stereocenters. The predicted molar refractivity (Wildman–Crippen MR) is 132 cm³/mol. The lowest BCUT2D eigenvalue weighted by Crippen LogP contribution is -2.36. The van der Waals surface area contributed by atoms with E-state index in [0.29, 0.717) is 53.1 Å². The zero-order valence-electron chi connectivity index (χ0n) is 18.9. The Morgan fingerprint density at radius 1 is 1.27 bits per heavy atom. The van der Waals surface area contributed by atoms with Crippen molar-refractivity contribution in [2.24, 2.45) is 5.92 Å². The maximum absolute atomic E-state index is 12.8. The van der Waals surface area contributed by atoms with Crippen LogP contribution in [0.1, 0.15) is 52.5 Å². The van der Waals surface area contributed by atoms with Crippen molar-refractivity contribution < 1.29 is 9.59 Å². The zero-order valence-corrected chi connectivity index (χ0v) is 20.5. The van der Waals surface area contributed by atoms with Crippen LogP contribution in [-0.2, 0) is 17.6 Å². The molecule has 1 N–H and O–H groups in total. The summed E-state index contributed by atoms with van der Waals surface area (Å²) in [6.07, 6.45) is 4.23. The molecule has 1 aliphatic heterocycles. The Balaban J connectivity index is 1.29. The SMILES string of the molecule is CC1CCc2c(sc(NC(=O)CCN3CCCN(C(=O)c4cccc(Cl)c4)CC3)c2C#N)C1. The number of carbonyl (C=O) groups excluding carboxylic acids is 2. The number of benzene rings is 1. The first-order chi connectivity index (χ1) is 15.9. The number of halogens is 1. The monoisotopic (exact) mass is 484 g/mol. The fraction of sp³-hybridized carbons (Fsp3) is 0.480. The van der Waals surface area contributed by atoms with E-state index in [1.165, 1.54) is 4.88 Å². The first-order valence-corrected chi connectivity index (χ1v) is 12.8. The molecule has 1 aromatic heterocycles. The molecule has 0 saturated carbocycles. The summed E-state index contributed by atoms with van der Waals surface area (Å²) in [6.45, 7) is 5.77. The molecule has 0 radical (unpaired) electrons. The molecule has 1 aromatic carbocycles.